The maximum Gasteiger partial charge on any atom is 0.343 e. The summed E-state index contributed by atoms with van der Waals surface area (Å²) in [6.45, 7) is 3.85. The minimum atomic E-state index is -0.983. The van der Waals surface area contributed by atoms with Crippen molar-refractivity contribution in [2.75, 3.05) is 11.9 Å². The van der Waals surface area contributed by atoms with Gasteiger partial charge in [0.05, 0.1) is 23.9 Å². The van der Waals surface area contributed by atoms with Gasteiger partial charge >= 0.3 is 23.8 Å². The normalized spacial score (nSPS) is 12.2. The number of fused-ring (bicyclic) bond motifs is 1. The third-order valence-electron chi connectivity index (χ3n) is 5.59. The molecule has 37 heavy (non-hydrogen) atoms. The maximum absolute atomic E-state index is 12.4. The fourth-order valence-electron chi connectivity index (χ4n) is 3.77. The van der Waals surface area contributed by atoms with E-state index in [1.807, 2.05) is 19.1 Å². The van der Waals surface area contributed by atoms with E-state index < -0.39 is 23.8 Å². The number of nitrogens with one attached hydrogen (secondary N) is 2. The second kappa shape index (κ2) is 11.6. The Hall–Kier alpha value is -4.31. The van der Waals surface area contributed by atoms with Crippen molar-refractivity contribution >= 4 is 46.3 Å². The van der Waals surface area contributed by atoms with Gasteiger partial charge < -0.3 is 14.8 Å². The number of aryl methyl sites for hydroxylation is 2. The van der Waals surface area contributed by atoms with Crippen LogP contribution < -0.4 is 15.5 Å². The van der Waals surface area contributed by atoms with Gasteiger partial charge in [-0.15, -0.1) is 11.3 Å². The lowest BCUT2D eigenvalue weighted by Crippen LogP contribution is -2.32. The van der Waals surface area contributed by atoms with Gasteiger partial charge in [0.1, 0.15) is 10.8 Å². The average Bonchev–Trinajstić information content (AvgIpc) is 3.46. The highest BCUT2D eigenvalue weighted by molar-refractivity contribution is 7.17. The fraction of sp³-hybridized carbons (Fsp3) is 0.222. The molecule has 0 bridgehead atoms. The topological polar surface area (TPSA) is 123 Å². The number of anilines is 1. The Kier molecular flexibility index (Phi) is 8.09. The summed E-state index contributed by atoms with van der Waals surface area (Å²) in [5.41, 5.74) is 5.47. The first kappa shape index (κ1) is 25.8. The molecule has 1 aliphatic carbocycles. The summed E-state index contributed by atoms with van der Waals surface area (Å²) in [5.74, 6) is -2.55. The number of carbonyl (C=O) groups is 4. The van der Waals surface area contributed by atoms with Crippen LogP contribution in [0.25, 0.3) is 0 Å². The molecule has 190 valence electrons. The second-order valence-electron chi connectivity index (χ2n) is 8.26. The zero-order valence-corrected chi connectivity index (χ0v) is 21.1. The van der Waals surface area contributed by atoms with Crippen LogP contribution in [0.5, 0.6) is 5.75 Å². The molecule has 0 radical (unpaired) electrons. The van der Waals surface area contributed by atoms with Crippen molar-refractivity contribution in [2.24, 2.45) is 5.10 Å². The van der Waals surface area contributed by atoms with Gasteiger partial charge in [0, 0.05) is 4.88 Å². The van der Waals surface area contributed by atoms with Crippen molar-refractivity contribution in [1.29, 1.82) is 0 Å². The number of carbonyl (C=O) groups excluding carboxylic acids is 4. The molecule has 0 aliphatic heterocycles. The zero-order chi connectivity index (χ0) is 26.4. The summed E-state index contributed by atoms with van der Waals surface area (Å²) in [5, 5.41) is 6.63. The van der Waals surface area contributed by atoms with Gasteiger partial charge in [0.25, 0.3) is 0 Å². The number of thiophene rings is 1. The number of nitrogens with zero attached hydrogens (tertiary/aromatic N) is 1. The Morgan fingerprint density at radius 3 is 2.41 bits per heavy atom. The molecular formula is C27H25N3O6S. The molecule has 0 saturated heterocycles. The molecule has 0 saturated carbocycles. The molecule has 1 aliphatic rings. The standard InChI is InChI=1S/C27H25N3O6S/c1-3-35-27(34)22-20-5-4-6-21(20)37-25(22)29-23(31)24(32)30-28-15-17-9-13-19(14-10-17)36-26(33)18-11-7-16(2)8-12-18/h7-15H,3-6H2,1-2H3,(H,29,31)(H,30,32)/b28-15+. The lowest BCUT2D eigenvalue weighted by molar-refractivity contribution is -0.136. The SMILES string of the molecule is CCOC(=O)c1c(NC(=O)C(=O)N/N=C/c2ccc(OC(=O)c3ccc(C)cc3)cc2)sc2c1CCC2. The van der Waals surface area contributed by atoms with E-state index in [0.717, 1.165) is 35.3 Å². The minimum absolute atomic E-state index is 0.211. The van der Waals surface area contributed by atoms with Crippen LogP contribution in [0.3, 0.4) is 0 Å². The predicted molar refractivity (Wildman–Crippen MR) is 139 cm³/mol. The molecule has 3 aromatic rings. The van der Waals surface area contributed by atoms with Crippen molar-refractivity contribution in [3.63, 3.8) is 0 Å². The largest absolute Gasteiger partial charge is 0.462 e. The first-order chi connectivity index (χ1) is 17.9. The number of benzene rings is 2. The maximum atomic E-state index is 12.4. The van der Waals surface area contributed by atoms with Crippen molar-refractivity contribution < 1.29 is 28.7 Å². The number of esters is 2. The third-order valence-corrected chi connectivity index (χ3v) is 6.80. The van der Waals surface area contributed by atoms with Gasteiger partial charge in [-0.1, -0.05) is 17.7 Å². The van der Waals surface area contributed by atoms with Crippen LogP contribution in [0.2, 0.25) is 0 Å². The molecule has 0 spiro atoms. The van der Waals surface area contributed by atoms with Gasteiger partial charge in [0.15, 0.2) is 0 Å². The van der Waals surface area contributed by atoms with E-state index in [4.69, 9.17) is 9.47 Å². The molecule has 10 heteroatoms. The summed E-state index contributed by atoms with van der Waals surface area (Å²) in [6, 6.07) is 13.5. The number of rotatable bonds is 7. The quantitative estimate of drug-likeness (QED) is 0.160. The lowest BCUT2D eigenvalue weighted by atomic mass is 10.1. The zero-order valence-electron chi connectivity index (χ0n) is 20.3. The van der Waals surface area contributed by atoms with E-state index in [1.54, 1.807) is 43.3 Å². The van der Waals surface area contributed by atoms with Crippen molar-refractivity contribution in [1.82, 2.24) is 5.43 Å². The highest BCUT2D eigenvalue weighted by atomic mass is 32.1. The van der Waals surface area contributed by atoms with Crippen LogP contribution in [0.15, 0.2) is 53.6 Å². The Morgan fingerprint density at radius 2 is 1.70 bits per heavy atom. The number of hydrogen-bond acceptors (Lipinski definition) is 8. The van der Waals surface area contributed by atoms with Crippen LogP contribution >= 0.6 is 11.3 Å². The average molecular weight is 520 g/mol. The fourth-order valence-corrected chi connectivity index (χ4v) is 5.04. The molecule has 1 aromatic heterocycles. The van der Waals surface area contributed by atoms with E-state index in [2.05, 4.69) is 15.8 Å². The Balaban J connectivity index is 1.32. The molecule has 0 fully saturated rings. The Bertz CT molecular complexity index is 1360. The molecule has 0 atom stereocenters. The third kappa shape index (κ3) is 6.28. The number of amides is 2. The lowest BCUT2D eigenvalue weighted by Gasteiger charge is -2.07. The smallest absolute Gasteiger partial charge is 0.343 e. The monoisotopic (exact) mass is 519 g/mol. The molecule has 2 aromatic carbocycles. The molecule has 2 amide bonds. The molecule has 1 heterocycles. The first-order valence-electron chi connectivity index (χ1n) is 11.7. The molecule has 9 nitrogen and oxygen atoms in total. The van der Waals surface area contributed by atoms with E-state index in [1.165, 1.54) is 17.6 Å². The van der Waals surface area contributed by atoms with Gasteiger partial charge in [-0.3, -0.25) is 9.59 Å². The first-order valence-corrected chi connectivity index (χ1v) is 12.5. The van der Waals surface area contributed by atoms with Crippen molar-refractivity contribution in [2.45, 2.75) is 33.1 Å². The minimum Gasteiger partial charge on any atom is -0.462 e. The van der Waals surface area contributed by atoms with Crippen LogP contribution in [-0.2, 0) is 27.2 Å². The summed E-state index contributed by atoms with van der Waals surface area (Å²) < 4.78 is 10.5. The number of ether oxygens (including phenoxy) is 2. The van der Waals surface area contributed by atoms with Gasteiger partial charge in [-0.25, -0.2) is 15.0 Å². The van der Waals surface area contributed by atoms with Crippen LogP contribution in [0.4, 0.5) is 5.00 Å². The summed E-state index contributed by atoms with van der Waals surface area (Å²) in [4.78, 5) is 50.3. The number of hydrogen-bond donors (Lipinski definition) is 2. The van der Waals surface area contributed by atoms with Gasteiger partial charge in [-0.05, 0) is 80.6 Å². The van der Waals surface area contributed by atoms with E-state index in [9.17, 15) is 19.2 Å². The van der Waals surface area contributed by atoms with Gasteiger partial charge in [0.2, 0.25) is 0 Å². The highest BCUT2D eigenvalue weighted by Gasteiger charge is 2.29. The predicted octanol–water partition coefficient (Wildman–Crippen LogP) is 4.03. The van der Waals surface area contributed by atoms with Crippen molar-refractivity contribution in [3.8, 4) is 5.75 Å². The second-order valence-corrected chi connectivity index (χ2v) is 9.36. The van der Waals surface area contributed by atoms with Crippen molar-refractivity contribution in [3.05, 3.63) is 81.2 Å². The molecule has 4 rings (SSSR count). The van der Waals surface area contributed by atoms with Crippen LogP contribution in [-0.4, -0.2) is 36.6 Å². The summed E-state index contributed by atoms with van der Waals surface area (Å²) in [7, 11) is 0. The summed E-state index contributed by atoms with van der Waals surface area (Å²) in [6.07, 6.45) is 3.84. The Morgan fingerprint density at radius 1 is 0.973 bits per heavy atom. The summed E-state index contributed by atoms with van der Waals surface area (Å²) >= 11 is 1.29. The molecular weight excluding hydrogens is 494 g/mol. The van der Waals surface area contributed by atoms with Gasteiger partial charge in [-0.2, -0.15) is 5.10 Å². The van der Waals surface area contributed by atoms with E-state index >= 15 is 0 Å². The number of hydrazone groups is 1. The van der Waals surface area contributed by atoms with Crippen LogP contribution in [0, 0.1) is 6.92 Å². The molecule has 0 unspecified atom stereocenters. The van der Waals surface area contributed by atoms with Crippen LogP contribution in [0.1, 0.15) is 55.6 Å². The van der Waals surface area contributed by atoms with E-state index in [0.29, 0.717) is 27.4 Å². The Labute approximate surface area is 217 Å². The molecule has 2 N–H and O–H groups in total. The highest BCUT2D eigenvalue weighted by Crippen LogP contribution is 2.39. The van der Waals surface area contributed by atoms with E-state index in [-0.39, 0.29) is 6.61 Å².